The molecule has 5 nitrogen and oxygen atoms in total. The summed E-state index contributed by atoms with van der Waals surface area (Å²) in [6, 6.07) is 11.4. The fourth-order valence-corrected chi connectivity index (χ4v) is 2.75. The Bertz CT molecular complexity index is 941. The van der Waals surface area contributed by atoms with Crippen LogP contribution in [0.4, 0.5) is 10.1 Å². The van der Waals surface area contributed by atoms with Gasteiger partial charge in [-0.3, -0.25) is 9.48 Å². The Kier molecular flexibility index (Phi) is 5.76. The Morgan fingerprint density at radius 1 is 1.30 bits per heavy atom. The van der Waals surface area contributed by atoms with Crippen molar-refractivity contribution in [3.8, 4) is 5.75 Å². The van der Waals surface area contributed by atoms with Gasteiger partial charge in [0.15, 0.2) is 6.10 Å². The molecule has 0 aliphatic rings. The van der Waals surface area contributed by atoms with Gasteiger partial charge in [-0.15, -0.1) is 0 Å². The van der Waals surface area contributed by atoms with Crippen molar-refractivity contribution in [3.05, 3.63) is 76.8 Å². The molecule has 140 valence electrons. The van der Waals surface area contributed by atoms with E-state index in [0.717, 1.165) is 11.1 Å². The summed E-state index contributed by atoms with van der Waals surface area (Å²) in [5, 5.41) is 7.60. The topological polar surface area (TPSA) is 56.1 Å². The molecule has 1 heterocycles. The summed E-state index contributed by atoms with van der Waals surface area (Å²) in [6.45, 7) is 4.02. The number of carbonyl (C=O) groups excluding carboxylic acids is 1. The summed E-state index contributed by atoms with van der Waals surface area (Å²) < 4.78 is 20.3. The minimum Gasteiger partial charge on any atom is -0.481 e. The third-order valence-corrected chi connectivity index (χ3v) is 4.20. The largest absolute Gasteiger partial charge is 0.481 e. The predicted molar refractivity (Wildman–Crippen MR) is 103 cm³/mol. The molecule has 2 aromatic carbocycles. The number of amides is 1. The number of aromatic nitrogens is 2. The van der Waals surface area contributed by atoms with E-state index >= 15 is 0 Å². The first-order chi connectivity index (χ1) is 12.9. The van der Waals surface area contributed by atoms with Crippen molar-refractivity contribution in [2.24, 2.45) is 0 Å². The predicted octanol–water partition coefficient (Wildman–Crippen LogP) is 4.44. The Labute approximate surface area is 161 Å². The maximum atomic E-state index is 13.0. The molecule has 3 aromatic rings. The highest BCUT2D eigenvalue weighted by Gasteiger charge is 2.16. The molecule has 1 atom stereocenters. The molecule has 0 aliphatic carbocycles. The number of hydrogen-bond donors (Lipinski definition) is 1. The quantitative estimate of drug-likeness (QED) is 0.680. The van der Waals surface area contributed by atoms with Crippen molar-refractivity contribution < 1.29 is 13.9 Å². The molecule has 1 unspecified atom stereocenters. The molecule has 0 saturated heterocycles. The number of benzene rings is 2. The van der Waals surface area contributed by atoms with Gasteiger partial charge in [0.2, 0.25) is 0 Å². The summed E-state index contributed by atoms with van der Waals surface area (Å²) >= 11 is 5.93. The minimum atomic E-state index is -0.690. The standard InChI is InChI=1S/C20H19ClFN3O2/c1-13-9-16(21)5-8-19(13)27-14(2)20(26)24-18-10-23-25(12-18)11-15-3-6-17(22)7-4-15/h3-10,12,14H,11H2,1-2H3,(H,24,26). The average Bonchev–Trinajstić information content (AvgIpc) is 3.06. The van der Waals surface area contributed by atoms with E-state index in [1.54, 1.807) is 54.3 Å². The molecular weight excluding hydrogens is 369 g/mol. The summed E-state index contributed by atoms with van der Waals surface area (Å²) in [4.78, 5) is 12.4. The highest BCUT2D eigenvalue weighted by Crippen LogP contribution is 2.23. The van der Waals surface area contributed by atoms with Gasteiger partial charge in [0.05, 0.1) is 18.4 Å². The summed E-state index contributed by atoms with van der Waals surface area (Å²) in [5.41, 5.74) is 2.33. The van der Waals surface area contributed by atoms with E-state index in [4.69, 9.17) is 16.3 Å². The molecule has 7 heteroatoms. The molecule has 0 fully saturated rings. The second-order valence-electron chi connectivity index (χ2n) is 6.21. The van der Waals surface area contributed by atoms with Crippen LogP contribution in [0.2, 0.25) is 5.02 Å². The van der Waals surface area contributed by atoms with Gasteiger partial charge in [-0.1, -0.05) is 23.7 Å². The molecule has 27 heavy (non-hydrogen) atoms. The van der Waals surface area contributed by atoms with Crippen molar-refractivity contribution >= 4 is 23.2 Å². The minimum absolute atomic E-state index is 0.280. The average molecular weight is 388 g/mol. The normalized spacial score (nSPS) is 11.9. The van der Waals surface area contributed by atoms with Gasteiger partial charge in [0, 0.05) is 11.2 Å². The summed E-state index contributed by atoms with van der Waals surface area (Å²) in [6.07, 6.45) is 2.58. The van der Waals surface area contributed by atoms with Crippen molar-refractivity contribution in [3.63, 3.8) is 0 Å². The molecule has 0 spiro atoms. The zero-order valence-corrected chi connectivity index (χ0v) is 15.7. The van der Waals surface area contributed by atoms with Crippen LogP contribution in [-0.2, 0) is 11.3 Å². The third kappa shape index (κ3) is 5.08. The third-order valence-electron chi connectivity index (χ3n) is 3.97. The number of nitrogens with one attached hydrogen (secondary N) is 1. The van der Waals surface area contributed by atoms with E-state index in [2.05, 4.69) is 10.4 Å². The first-order valence-electron chi connectivity index (χ1n) is 8.41. The van der Waals surface area contributed by atoms with Crippen LogP contribution < -0.4 is 10.1 Å². The number of aryl methyl sites for hydroxylation is 1. The lowest BCUT2D eigenvalue weighted by atomic mass is 10.2. The van der Waals surface area contributed by atoms with Crippen molar-refractivity contribution in [1.29, 1.82) is 0 Å². The Morgan fingerprint density at radius 3 is 2.74 bits per heavy atom. The van der Waals surface area contributed by atoms with Gasteiger partial charge in [-0.05, 0) is 55.3 Å². The Hall–Kier alpha value is -2.86. The van der Waals surface area contributed by atoms with E-state index in [9.17, 15) is 9.18 Å². The maximum absolute atomic E-state index is 13.0. The van der Waals surface area contributed by atoms with E-state index < -0.39 is 6.10 Å². The fraction of sp³-hybridized carbons (Fsp3) is 0.200. The van der Waals surface area contributed by atoms with Crippen LogP contribution in [0.1, 0.15) is 18.1 Å². The molecule has 1 N–H and O–H groups in total. The highest BCUT2D eigenvalue weighted by molar-refractivity contribution is 6.30. The first-order valence-corrected chi connectivity index (χ1v) is 8.79. The lowest BCUT2D eigenvalue weighted by Gasteiger charge is -2.15. The summed E-state index contributed by atoms with van der Waals surface area (Å²) in [5.74, 6) is 0.0387. The van der Waals surface area contributed by atoms with Gasteiger partial charge < -0.3 is 10.1 Å². The zero-order chi connectivity index (χ0) is 19.4. The van der Waals surface area contributed by atoms with Crippen molar-refractivity contribution in [2.45, 2.75) is 26.5 Å². The molecule has 0 bridgehead atoms. The number of nitrogens with zero attached hydrogens (tertiary/aromatic N) is 2. The Balaban J connectivity index is 1.59. The molecule has 1 amide bonds. The van der Waals surface area contributed by atoms with E-state index in [1.807, 2.05) is 6.92 Å². The molecule has 1 aromatic heterocycles. The number of hydrogen-bond acceptors (Lipinski definition) is 3. The van der Waals surface area contributed by atoms with Crippen LogP contribution in [0, 0.1) is 12.7 Å². The van der Waals surface area contributed by atoms with Crippen LogP contribution in [0.25, 0.3) is 0 Å². The molecular formula is C20H19ClFN3O2. The SMILES string of the molecule is Cc1cc(Cl)ccc1OC(C)C(=O)Nc1cnn(Cc2ccc(F)cc2)c1. The van der Waals surface area contributed by atoms with E-state index in [1.165, 1.54) is 12.1 Å². The van der Waals surface area contributed by atoms with Crippen LogP contribution in [0.3, 0.4) is 0 Å². The second kappa shape index (κ2) is 8.22. The number of ether oxygens (including phenoxy) is 1. The molecule has 3 rings (SSSR count). The van der Waals surface area contributed by atoms with Crippen LogP contribution in [-0.4, -0.2) is 21.8 Å². The highest BCUT2D eigenvalue weighted by atomic mass is 35.5. The zero-order valence-electron chi connectivity index (χ0n) is 14.9. The number of rotatable bonds is 6. The Morgan fingerprint density at radius 2 is 2.04 bits per heavy atom. The van der Waals surface area contributed by atoms with Crippen LogP contribution in [0.15, 0.2) is 54.9 Å². The fourth-order valence-electron chi connectivity index (χ4n) is 2.52. The van der Waals surface area contributed by atoms with Gasteiger partial charge in [-0.2, -0.15) is 5.10 Å². The summed E-state index contributed by atoms with van der Waals surface area (Å²) in [7, 11) is 0. The van der Waals surface area contributed by atoms with Crippen molar-refractivity contribution in [2.75, 3.05) is 5.32 Å². The van der Waals surface area contributed by atoms with E-state index in [-0.39, 0.29) is 11.7 Å². The van der Waals surface area contributed by atoms with Gasteiger partial charge in [0.1, 0.15) is 11.6 Å². The van der Waals surface area contributed by atoms with E-state index in [0.29, 0.717) is 23.0 Å². The monoisotopic (exact) mass is 387 g/mol. The number of halogens is 2. The molecule has 0 aliphatic heterocycles. The molecule has 0 saturated carbocycles. The first kappa shape index (κ1) is 18.9. The van der Waals surface area contributed by atoms with Crippen molar-refractivity contribution in [1.82, 2.24) is 9.78 Å². The number of anilines is 1. The molecule has 0 radical (unpaired) electrons. The maximum Gasteiger partial charge on any atom is 0.265 e. The lowest BCUT2D eigenvalue weighted by molar-refractivity contribution is -0.122. The van der Waals surface area contributed by atoms with Crippen LogP contribution >= 0.6 is 11.6 Å². The van der Waals surface area contributed by atoms with Gasteiger partial charge >= 0.3 is 0 Å². The van der Waals surface area contributed by atoms with Gasteiger partial charge in [0.25, 0.3) is 5.91 Å². The van der Waals surface area contributed by atoms with Gasteiger partial charge in [-0.25, -0.2) is 4.39 Å². The second-order valence-corrected chi connectivity index (χ2v) is 6.65. The number of carbonyl (C=O) groups is 1. The van der Waals surface area contributed by atoms with Crippen LogP contribution in [0.5, 0.6) is 5.75 Å². The lowest BCUT2D eigenvalue weighted by Crippen LogP contribution is -2.30. The smallest absolute Gasteiger partial charge is 0.265 e.